The molecule has 0 bridgehead atoms. The van der Waals surface area contributed by atoms with Crippen molar-refractivity contribution >= 4 is 35.2 Å². The van der Waals surface area contributed by atoms with Gasteiger partial charge in [-0.3, -0.25) is 4.79 Å². The summed E-state index contributed by atoms with van der Waals surface area (Å²) >= 11 is 5.97. The molecule has 0 spiro atoms. The average molecular weight is 538 g/mol. The number of aromatic nitrogens is 2. The number of nitrogens with one attached hydrogen (secondary N) is 2. The highest BCUT2D eigenvalue weighted by Crippen LogP contribution is 2.22. The molecule has 2 heterocycles. The SMILES string of the molecule is CC.CC(C)(C)OC(=O)NC1CCN(C(=O)c2ccc(Nc3nccc(-c4ccc(Cl)cc4)n3)cc2)CC1. The van der Waals surface area contributed by atoms with E-state index in [4.69, 9.17) is 16.3 Å². The fraction of sp³-hybridized carbons (Fsp3) is 0.379. The Hall–Kier alpha value is -3.65. The zero-order valence-corrected chi connectivity index (χ0v) is 23.4. The van der Waals surface area contributed by atoms with E-state index in [-0.39, 0.29) is 11.9 Å². The van der Waals surface area contributed by atoms with Gasteiger partial charge in [-0.2, -0.15) is 0 Å². The van der Waals surface area contributed by atoms with E-state index < -0.39 is 11.7 Å². The largest absolute Gasteiger partial charge is 0.444 e. The van der Waals surface area contributed by atoms with Crippen LogP contribution in [0.25, 0.3) is 11.3 Å². The molecule has 2 aromatic carbocycles. The summed E-state index contributed by atoms with van der Waals surface area (Å²) in [5.74, 6) is 0.430. The topological polar surface area (TPSA) is 96.5 Å². The minimum atomic E-state index is -0.534. The Morgan fingerprint density at radius 3 is 2.21 bits per heavy atom. The van der Waals surface area contributed by atoms with E-state index in [2.05, 4.69) is 20.6 Å². The Labute approximate surface area is 229 Å². The summed E-state index contributed by atoms with van der Waals surface area (Å²) in [5, 5.41) is 6.75. The zero-order valence-electron chi connectivity index (χ0n) is 22.6. The maximum atomic E-state index is 13.0. The third-order valence-electron chi connectivity index (χ3n) is 5.69. The Morgan fingerprint density at radius 1 is 0.974 bits per heavy atom. The van der Waals surface area contributed by atoms with Crippen molar-refractivity contribution in [1.82, 2.24) is 20.2 Å². The van der Waals surface area contributed by atoms with Crippen molar-refractivity contribution in [2.75, 3.05) is 18.4 Å². The van der Waals surface area contributed by atoms with Gasteiger partial charge in [-0.05, 0) is 76.1 Å². The number of carbonyl (C=O) groups is 2. The number of likely N-dealkylation sites (tertiary alicyclic amines) is 1. The lowest BCUT2D eigenvalue weighted by Gasteiger charge is -2.33. The van der Waals surface area contributed by atoms with Crippen molar-refractivity contribution in [3.63, 3.8) is 0 Å². The van der Waals surface area contributed by atoms with E-state index in [9.17, 15) is 9.59 Å². The Morgan fingerprint density at radius 2 is 1.61 bits per heavy atom. The maximum absolute atomic E-state index is 13.0. The minimum absolute atomic E-state index is 0.000822. The molecule has 0 saturated carbocycles. The molecule has 0 radical (unpaired) electrons. The smallest absolute Gasteiger partial charge is 0.407 e. The van der Waals surface area contributed by atoms with Gasteiger partial charge in [0.05, 0.1) is 5.69 Å². The lowest BCUT2D eigenvalue weighted by Crippen LogP contribution is -2.47. The highest BCUT2D eigenvalue weighted by atomic mass is 35.5. The average Bonchev–Trinajstić information content (AvgIpc) is 2.90. The van der Waals surface area contributed by atoms with Gasteiger partial charge in [0.1, 0.15) is 5.60 Å². The number of amides is 2. The van der Waals surface area contributed by atoms with E-state index in [1.807, 2.05) is 82.0 Å². The fourth-order valence-corrected chi connectivity index (χ4v) is 4.04. The predicted octanol–water partition coefficient (Wildman–Crippen LogP) is 6.70. The van der Waals surface area contributed by atoms with Crippen LogP contribution in [0, 0.1) is 0 Å². The molecule has 0 unspecified atom stereocenters. The maximum Gasteiger partial charge on any atom is 0.407 e. The summed E-state index contributed by atoms with van der Waals surface area (Å²) in [5.41, 5.74) is 2.57. The standard InChI is InChI=1S/C27H30ClN5O3.C2H6/c1-27(2,3)36-26(35)31-22-13-16-33(17-14-22)24(34)19-6-10-21(11-7-19)30-25-29-15-12-23(32-25)18-4-8-20(28)9-5-18;1-2/h4-12,15,22H,13-14,16-17H2,1-3H3,(H,31,35)(H,29,30,32);1-2H3. The fourth-order valence-electron chi connectivity index (χ4n) is 3.91. The third-order valence-corrected chi connectivity index (χ3v) is 5.94. The number of hydrogen-bond acceptors (Lipinski definition) is 6. The first kappa shape index (κ1) is 28.9. The van der Waals surface area contributed by atoms with Crippen molar-refractivity contribution in [2.24, 2.45) is 0 Å². The number of ether oxygens (including phenoxy) is 1. The second-order valence-corrected chi connectivity index (χ2v) is 10.1. The van der Waals surface area contributed by atoms with Gasteiger partial charge in [0, 0.05) is 47.2 Å². The minimum Gasteiger partial charge on any atom is -0.444 e. The Bertz CT molecular complexity index is 1200. The van der Waals surface area contributed by atoms with Crippen molar-refractivity contribution in [2.45, 2.75) is 59.1 Å². The molecule has 1 fully saturated rings. The van der Waals surface area contributed by atoms with Crippen LogP contribution in [0.15, 0.2) is 60.8 Å². The van der Waals surface area contributed by atoms with E-state index >= 15 is 0 Å². The van der Waals surface area contributed by atoms with Gasteiger partial charge in [0.15, 0.2) is 0 Å². The normalized spacial score (nSPS) is 13.7. The van der Waals surface area contributed by atoms with Gasteiger partial charge >= 0.3 is 6.09 Å². The first-order chi connectivity index (χ1) is 18.2. The first-order valence-corrected chi connectivity index (χ1v) is 13.3. The van der Waals surface area contributed by atoms with Crippen LogP contribution in [0.5, 0.6) is 0 Å². The first-order valence-electron chi connectivity index (χ1n) is 12.9. The third kappa shape index (κ3) is 8.45. The highest BCUT2D eigenvalue weighted by molar-refractivity contribution is 6.30. The Kier molecular flexibility index (Phi) is 10.1. The van der Waals surface area contributed by atoms with Gasteiger partial charge in [-0.1, -0.05) is 37.6 Å². The number of hydrogen-bond donors (Lipinski definition) is 2. The lowest BCUT2D eigenvalue weighted by molar-refractivity contribution is 0.0473. The molecule has 38 heavy (non-hydrogen) atoms. The van der Waals surface area contributed by atoms with E-state index in [1.165, 1.54) is 0 Å². The molecule has 2 N–H and O–H groups in total. The van der Waals surface area contributed by atoms with Crippen LogP contribution in [-0.2, 0) is 4.74 Å². The second-order valence-electron chi connectivity index (χ2n) is 9.69. The molecular weight excluding hydrogens is 502 g/mol. The van der Waals surface area contributed by atoms with Gasteiger partial charge in [-0.25, -0.2) is 14.8 Å². The number of rotatable bonds is 5. The zero-order chi connectivity index (χ0) is 27.7. The van der Waals surface area contributed by atoms with E-state index in [1.54, 1.807) is 18.3 Å². The molecule has 4 rings (SSSR count). The predicted molar refractivity (Wildman–Crippen MR) is 152 cm³/mol. The number of halogens is 1. The van der Waals surface area contributed by atoms with Crippen molar-refractivity contribution < 1.29 is 14.3 Å². The number of alkyl carbamates (subject to hydrolysis) is 1. The number of benzene rings is 2. The monoisotopic (exact) mass is 537 g/mol. The molecular formula is C29H36ClN5O3. The quantitative estimate of drug-likeness (QED) is 0.376. The molecule has 1 aliphatic heterocycles. The van der Waals surface area contributed by atoms with Gasteiger partial charge in [0.25, 0.3) is 5.91 Å². The summed E-state index contributed by atoms with van der Waals surface area (Å²) in [6, 6.07) is 16.5. The van der Waals surface area contributed by atoms with Crippen LogP contribution in [0.4, 0.5) is 16.4 Å². The van der Waals surface area contributed by atoms with Gasteiger partial charge < -0.3 is 20.3 Å². The van der Waals surface area contributed by atoms with Crippen molar-refractivity contribution in [3.05, 3.63) is 71.4 Å². The molecule has 0 atom stereocenters. The summed E-state index contributed by atoms with van der Waals surface area (Å²) < 4.78 is 5.32. The van der Waals surface area contributed by atoms with Crippen molar-refractivity contribution in [3.8, 4) is 11.3 Å². The summed E-state index contributed by atoms with van der Waals surface area (Å²) in [4.78, 5) is 35.6. The number of carbonyl (C=O) groups excluding carboxylic acids is 2. The Balaban J connectivity index is 0.00000195. The van der Waals surface area contributed by atoms with Crippen LogP contribution < -0.4 is 10.6 Å². The summed E-state index contributed by atoms with van der Waals surface area (Å²) in [6.45, 7) is 10.6. The molecule has 0 aliphatic carbocycles. The van der Waals surface area contributed by atoms with Crippen LogP contribution in [0.2, 0.25) is 5.02 Å². The van der Waals surface area contributed by atoms with Crippen molar-refractivity contribution in [1.29, 1.82) is 0 Å². The van der Waals surface area contributed by atoms with Gasteiger partial charge in [-0.15, -0.1) is 0 Å². The molecule has 1 aromatic heterocycles. The van der Waals surface area contributed by atoms with Crippen LogP contribution in [0.1, 0.15) is 57.8 Å². The molecule has 202 valence electrons. The summed E-state index contributed by atoms with van der Waals surface area (Å²) in [6.07, 6.45) is 2.65. The summed E-state index contributed by atoms with van der Waals surface area (Å²) in [7, 11) is 0. The van der Waals surface area contributed by atoms with Crippen LogP contribution in [0.3, 0.4) is 0 Å². The second kappa shape index (κ2) is 13.2. The lowest BCUT2D eigenvalue weighted by atomic mass is 10.0. The molecule has 1 aliphatic rings. The number of piperidine rings is 1. The number of nitrogens with zero attached hydrogens (tertiary/aromatic N) is 3. The molecule has 9 heteroatoms. The van der Waals surface area contributed by atoms with Crippen LogP contribution >= 0.6 is 11.6 Å². The molecule has 3 aromatic rings. The number of anilines is 2. The molecule has 2 amide bonds. The van der Waals surface area contributed by atoms with Crippen LogP contribution in [-0.4, -0.2) is 51.6 Å². The van der Waals surface area contributed by atoms with Gasteiger partial charge in [0.2, 0.25) is 5.95 Å². The highest BCUT2D eigenvalue weighted by Gasteiger charge is 2.26. The van der Waals surface area contributed by atoms with E-state index in [0.717, 1.165) is 16.9 Å². The molecule has 8 nitrogen and oxygen atoms in total. The molecule has 1 saturated heterocycles. The van der Waals surface area contributed by atoms with E-state index in [0.29, 0.717) is 42.5 Å².